The van der Waals surface area contributed by atoms with Gasteiger partial charge in [0.1, 0.15) is 0 Å². The second kappa shape index (κ2) is 8.43. The normalized spacial score (nSPS) is 15.1. The van der Waals surface area contributed by atoms with Crippen molar-refractivity contribution in [2.75, 3.05) is 13.6 Å². The average molecular weight is 276 g/mol. The van der Waals surface area contributed by atoms with Gasteiger partial charge in [0.05, 0.1) is 0 Å². The van der Waals surface area contributed by atoms with Crippen molar-refractivity contribution in [2.45, 2.75) is 52.6 Å². The van der Waals surface area contributed by atoms with Crippen molar-refractivity contribution >= 4 is 0 Å². The van der Waals surface area contributed by atoms with E-state index in [2.05, 4.69) is 70.0 Å². The van der Waals surface area contributed by atoms with Gasteiger partial charge in [-0.3, -0.25) is 4.90 Å². The molecule has 0 bridgehead atoms. The van der Waals surface area contributed by atoms with Gasteiger partial charge in [-0.25, -0.2) is 0 Å². The van der Waals surface area contributed by atoms with E-state index in [0.717, 1.165) is 13.0 Å². The summed E-state index contributed by atoms with van der Waals surface area (Å²) in [6.45, 7) is 10.1. The molecule has 0 aromatic heterocycles. The molecule has 2 heteroatoms. The van der Waals surface area contributed by atoms with Crippen LogP contribution in [0.25, 0.3) is 0 Å². The Bertz CT molecular complexity index is 359. The Balaban J connectivity index is 2.68. The van der Waals surface area contributed by atoms with Gasteiger partial charge in [-0.1, -0.05) is 58.0 Å². The smallest absolute Gasteiger partial charge is 0.0347 e. The topological polar surface area (TPSA) is 29.3 Å². The van der Waals surface area contributed by atoms with Crippen molar-refractivity contribution in [3.8, 4) is 0 Å². The Morgan fingerprint density at radius 1 is 1.05 bits per heavy atom. The van der Waals surface area contributed by atoms with Crippen LogP contribution in [0.15, 0.2) is 30.3 Å². The van der Waals surface area contributed by atoms with E-state index in [1.54, 1.807) is 0 Å². The van der Waals surface area contributed by atoms with Gasteiger partial charge in [0.25, 0.3) is 0 Å². The lowest BCUT2D eigenvalue weighted by Crippen LogP contribution is -2.34. The monoisotopic (exact) mass is 276 g/mol. The lowest BCUT2D eigenvalue weighted by Gasteiger charge is -2.31. The summed E-state index contributed by atoms with van der Waals surface area (Å²) in [5.41, 5.74) is 7.60. The van der Waals surface area contributed by atoms with E-state index in [1.807, 2.05) is 0 Å². The largest absolute Gasteiger partial charge is 0.327 e. The van der Waals surface area contributed by atoms with Gasteiger partial charge in [-0.05, 0) is 43.8 Å². The Kier molecular flexibility index (Phi) is 7.25. The Morgan fingerprint density at radius 2 is 1.65 bits per heavy atom. The van der Waals surface area contributed by atoms with Crippen LogP contribution in [0, 0.1) is 11.8 Å². The quantitative estimate of drug-likeness (QED) is 0.775. The van der Waals surface area contributed by atoms with Crippen molar-refractivity contribution < 1.29 is 0 Å². The van der Waals surface area contributed by atoms with Gasteiger partial charge in [0, 0.05) is 12.1 Å². The highest BCUT2D eigenvalue weighted by Crippen LogP contribution is 2.27. The Labute approximate surface area is 125 Å². The van der Waals surface area contributed by atoms with Gasteiger partial charge in [0.15, 0.2) is 0 Å². The summed E-state index contributed by atoms with van der Waals surface area (Å²) in [6.07, 6.45) is 2.26. The van der Waals surface area contributed by atoms with E-state index in [-0.39, 0.29) is 0 Å². The summed E-state index contributed by atoms with van der Waals surface area (Å²) in [7, 11) is 2.23. The molecule has 114 valence electrons. The van der Waals surface area contributed by atoms with E-state index in [9.17, 15) is 0 Å². The van der Waals surface area contributed by atoms with Crippen molar-refractivity contribution in [3.63, 3.8) is 0 Å². The number of nitrogens with two attached hydrogens (primary N) is 1. The fourth-order valence-electron chi connectivity index (χ4n) is 2.53. The minimum atomic E-state index is 0.299. The number of hydrogen-bond donors (Lipinski definition) is 1. The van der Waals surface area contributed by atoms with Crippen molar-refractivity contribution in [1.29, 1.82) is 0 Å². The van der Waals surface area contributed by atoms with E-state index < -0.39 is 0 Å². The maximum atomic E-state index is 6.18. The standard InChI is InChI=1S/C18H32N2/c1-14(2)13-18(16-9-7-6-8-10-16)20(5)12-11-17(19)15(3)4/h6-10,14-15,17-18H,11-13,19H2,1-5H3. The molecule has 0 aliphatic heterocycles. The molecule has 0 heterocycles. The van der Waals surface area contributed by atoms with Gasteiger partial charge >= 0.3 is 0 Å². The molecule has 2 atom stereocenters. The van der Waals surface area contributed by atoms with Gasteiger partial charge in [0.2, 0.25) is 0 Å². The highest BCUT2D eigenvalue weighted by atomic mass is 15.1. The number of rotatable bonds is 8. The predicted molar refractivity (Wildman–Crippen MR) is 88.7 cm³/mol. The number of nitrogens with zero attached hydrogens (tertiary/aromatic N) is 1. The average Bonchev–Trinajstić information content (AvgIpc) is 2.42. The van der Waals surface area contributed by atoms with Crippen molar-refractivity contribution in [2.24, 2.45) is 17.6 Å². The van der Waals surface area contributed by atoms with Crippen LogP contribution in [0.3, 0.4) is 0 Å². The second-order valence-corrected chi connectivity index (χ2v) is 6.73. The van der Waals surface area contributed by atoms with Crippen LogP contribution in [-0.4, -0.2) is 24.5 Å². The number of benzene rings is 1. The predicted octanol–water partition coefficient (Wildman–Crippen LogP) is 4.08. The fourth-order valence-corrected chi connectivity index (χ4v) is 2.53. The summed E-state index contributed by atoms with van der Waals surface area (Å²) >= 11 is 0. The molecule has 1 aromatic carbocycles. The van der Waals surface area contributed by atoms with Crippen LogP contribution in [0.2, 0.25) is 0 Å². The molecule has 0 radical (unpaired) electrons. The first kappa shape index (κ1) is 17.2. The highest BCUT2D eigenvalue weighted by Gasteiger charge is 2.19. The molecule has 1 rings (SSSR count). The van der Waals surface area contributed by atoms with Gasteiger partial charge in [-0.2, -0.15) is 0 Å². The lowest BCUT2D eigenvalue weighted by atomic mass is 9.95. The molecule has 0 amide bonds. The molecule has 20 heavy (non-hydrogen) atoms. The van der Waals surface area contributed by atoms with Crippen LogP contribution < -0.4 is 5.73 Å². The van der Waals surface area contributed by atoms with Gasteiger partial charge < -0.3 is 5.73 Å². The van der Waals surface area contributed by atoms with E-state index in [1.165, 1.54) is 12.0 Å². The maximum absolute atomic E-state index is 6.18. The fraction of sp³-hybridized carbons (Fsp3) is 0.667. The SMILES string of the molecule is CC(C)CC(c1ccccc1)N(C)CCC(N)C(C)C. The van der Waals surface area contributed by atoms with Crippen LogP contribution >= 0.6 is 0 Å². The first-order chi connectivity index (χ1) is 9.41. The number of hydrogen-bond acceptors (Lipinski definition) is 2. The third-order valence-electron chi connectivity index (χ3n) is 4.08. The molecule has 0 aliphatic rings. The van der Waals surface area contributed by atoms with Crippen LogP contribution in [0.1, 0.15) is 52.1 Å². The van der Waals surface area contributed by atoms with Crippen LogP contribution in [0.5, 0.6) is 0 Å². The molecule has 0 aliphatic carbocycles. The zero-order valence-electron chi connectivity index (χ0n) is 13.8. The molecule has 2 unspecified atom stereocenters. The molecule has 2 nitrogen and oxygen atoms in total. The summed E-state index contributed by atoms with van der Waals surface area (Å²) in [4.78, 5) is 2.47. The molecule has 0 spiro atoms. The van der Waals surface area contributed by atoms with E-state index in [0.29, 0.717) is 23.9 Å². The minimum Gasteiger partial charge on any atom is -0.327 e. The summed E-state index contributed by atoms with van der Waals surface area (Å²) in [5.74, 6) is 1.25. The highest BCUT2D eigenvalue weighted by molar-refractivity contribution is 5.19. The summed E-state index contributed by atoms with van der Waals surface area (Å²) in [6, 6.07) is 11.6. The third kappa shape index (κ3) is 5.64. The molecular formula is C18H32N2. The lowest BCUT2D eigenvalue weighted by molar-refractivity contribution is 0.203. The Morgan fingerprint density at radius 3 is 2.15 bits per heavy atom. The van der Waals surface area contributed by atoms with Crippen molar-refractivity contribution in [1.82, 2.24) is 4.90 Å². The first-order valence-electron chi connectivity index (χ1n) is 7.92. The van der Waals surface area contributed by atoms with E-state index in [4.69, 9.17) is 5.73 Å². The molecule has 2 N–H and O–H groups in total. The zero-order valence-corrected chi connectivity index (χ0v) is 13.8. The molecule has 1 aromatic rings. The first-order valence-corrected chi connectivity index (χ1v) is 7.92. The summed E-state index contributed by atoms with van der Waals surface area (Å²) < 4.78 is 0. The van der Waals surface area contributed by atoms with Crippen LogP contribution in [0.4, 0.5) is 0 Å². The van der Waals surface area contributed by atoms with Crippen molar-refractivity contribution in [3.05, 3.63) is 35.9 Å². The molecular weight excluding hydrogens is 244 g/mol. The zero-order chi connectivity index (χ0) is 15.1. The minimum absolute atomic E-state index is 0.299. The van der Waals surface area contributed by atoms with Crippen LogP contribution in [-0.2, 0) is 0 Å². The van der Waals surface area contributed by atoms with Gasteiger partial charge in [-0.15, -0.1) is 0 Å². The molecule has 0 saturated carbocycles. The Hall–Kier alpha value is -0.860. The molecule has 0 saturated heterocycles. The summed E-state index contributed by atoms with van der Waals surface area (Å²) in [5, 5.41) is 0. The second-order valence-electron chi connectivity index (χ2n) is 6.73. The van der Waals surface area contributed by atoms with E-state index >= 15 is 0 Å². The maximum Gasteiger partial charge on any atom is 0.0347 e. The molecule has 0 fully saturated rings. The third-order valence-corrected chi connectivity index (χ3v) is 4.08.